The van der Waals surface area contributed by atoms with Crippen molar-refractivity contribution in [3.8, 4) is 0 Å². The van der Waals surface area contributed by atoms with E-state index in [-0.39, 0.29) is 0 Å². The summed E-state index contributed by atoms with van der Waals surface area (Å²) in [7, 11) is 0. The number of hydrogen-bond acceptors (Lipinski definition) is 3. The Kier molecular flexibility index (Phi) is 2.09. The number of hydrogen-bond donors (Lipinski definition) is 1. The van der Waals surface area contributed by atoms with Gasteiger partial charge in [0.25, 0.3) is 0 Å². The lowest BCUT2D eigenvalue weighted by molar-refractivity contribution is 0.665. The molecule has 1 N–H and O–H groups in total. The minimum Gasteiger partial charge on any atom is -0.367 e. The molecule has 0 amide bonds. The Balaban J connectivity index is 1.83. The molecule has 3 nitrogen and oxygen atoms in total. The molecule has 1 fully saturated rings. The van der Waals surface area contributed by atoms with E-state index >= 15 is 0 Å². The standard InChI is InChI=1S/C14H19N3/c1-2-11-10-15-6-7-16-8-9-17(12-4-5-12)13(3-1)14(11)16/h1-3,12,15H,4-10H2. The van der Waals surface area contributed by atoms with E-state index in [0.717, 1.165) is 25.7 Å². The van der Waals surface area contributed by atoms with Crippen molar-refractivity contribution in [1.82, 2.24) is 5.32 Å². The molecule has 0 spiro atoms. The van der Waals surface area contributed by atoms with Gasteiger partial charge in [-0.3, -0.25) is 0 Å². The molecule has 1 aromatic rings. The smallest absolute Gasteiger partial charge is 0.0650 e. The van der Waals surface area contributed by atoms with E-state index in [0.29, 0.717) is 0 Å². The van der Waals surface area contributed by atoms with Crippen LogP contribution in [0.4, 0.5) is 11.4 Å². The Morgan fingerprint density at radius 3 is 2.94 bits per heavy atom. The fraction of sp³-hybridized carbons (Fsp3) is 0.571. The highest BCUT2D eigenvalue weighted by atomic mass is 15.3. The van der Waals surface area contributed by atoms with E-state index < -0.39 is 0 Å². The van der Waals surface area contributed by atoms with Gasteiger partial charge in [0.05, 0.1) is 11.4 Å². The first kappa shape index (κ1) is 9.77. The van der Waals surface area contributed by atoms with Crippen LogP contribution in [0.15, 0.2) is 18.2 Å². The summed E-state index contributed by atoms with van der Waals surface area (Å²) >= 11 is 0. The van der Waals surface area contributed by atoms with Crippen LogP contribution in [0.1, 0.15) is 18.4 Å². The third-order valence-electron chi connectivity index (χ3n) is 4.20. The lowest BCUT2D eigenvalue weighted by atomic mass is 10.1. The van der Waals surface area contributed by atoms with Gasteiger partial charge in [0.2, 0.25) is 0 Å². The predicted octanol–water partition coefficient (Wildman–Crippen LogP) is 1.58. The highest BCUT2D eigenvalue weighted by Crippen LogP contribution is 2.42. The highest BCUT2D eigenvalue weighted by molar-refractivity contribution is 5.77. The van der Waals surface area contributed by atoms with Gasteiger partial charge in [0, 0.05) is 38.8 Å². The summed E-state index contributed by atoms with van der Waals surface area (Å²) in [4.78, 5) is 5.21. The lowest BCUT2D eigenvalue weighted by Crippen LogP contribution is -2.43. The average Bonchev–Trinajstić information content (AvgIpc) is 3.18. The van der Waals surface area contributed by atoms with E-state index in [1.54, 1.807) is 0 Å². The van der Waals surface area contributed by atoms with Gasteiger partial charge >= 0.3 is 0 Å². The molecule has 0 unspecified atom stereocenters. The molecule has 1 aromatic carbocycles. The number of nitrogens with one attached hydrogen (secondary N) is 1. The largest absolute Gasteiger partial charge is 0.367 e. The Bertz CT molecular complexity index is 439. The summed E-state index contributed by atoms with van der Waals surface area (Å²) in [5, 5.41) is 3.52. The van der Waals surface area contributed by atoms with E-state index in [1.165, 1.54) is 42.9 Å². The molecule has 0 radical (unpaired) electrons. The summed E-state index contributed by atoms with van der Waals surface area (Å²) in [5.41, 5.74) is 4.47. The average molecular weight is 229 g/mol. The Hall–Kier alpha value is -1.22. The van der Waals surface area contributed by atoms with Crippen LogP contribution < -0.4 is 15.1 Å². The maximum Gasteiger partial charge on any atom is 0.0650 e. The first-order valence-electron chi connectivity index (χ1n) is 6.78. The number of nitrogens with zero attached hydrogens (tertiary/aromatic N) is 2. The molecular formula is C14H19N3. The third-order valence-corrected chi connectivity index (χ3v) is 4.20. The van der Waals surface area contributed by atoms with Crippen molar-refractivity contribution < 1.29 is 0 Å². The van der Waals surface area contributed by atoms with Crippen molar-refractivity contribution in [2.45, 2.75) is 25.4 Å². The molecule has 0 atom stereocenters. The maximum atomic E-state index is 3.52. The monoisotopic (exact) mass is 229 g/mol. The van der Waals surface area contributed by atoms with Crippen LogP contribution in [-0.4, -0.2) is 32.2 Å². The van der Waals surface area contributed by atoms with Gasteiger partial charge in [-0.15, -0.1) is 0 Å². The lowest BCUT2D eigenvalue weighted by Gasteiger charge is -2.39. The number of benzene rings is 1. The molecule has 3 aliphatic rings. The van der Waals surface area contributed by atoms with E-state index in [1.807, 2.05) is 0 Å². The molecule has 17 heavy (non-hydrogen) atoms. The van der Waals surface area contributed by atoms with Gasteiger partial charge in [-0.1, -0.05) is 12.1 Å². The van der Waals surface area contributed by atoms with Gasteiger partial charge < -0.3 is 15.1 Å². The first-order valence-corrected chi connectivity index (χ1v) is 6.78. The first-order chi connectivity index (χ1) is 8.43. The Morgan fingerprint density at radius 2 is 2.06 bits per heavy atom. The van der Waals surface area contributed by atoms with Crippen molar-refractivity contribution in [1.29, 1.82) is 0 Å². The molecule has 90 valence electrons. The second-order valence-corrected chi connectivity index (χ2v) is 5.37. The topological polar surface area (TPSA) is 18.5 Å². The number of para-hydroxylation sites is 1. The zero-order valence-electron chi connectivity index (χ0n) is 10.2. The summed E-state index contributed by atoms with van der Waals surface area (Å²) in [6, 6.07) is 7.65. The highest BCUT2D eigenvalue weighted by Gasteiger charge is 2.35. The summed E-state index contributed by atoms with van der Waals surface area (Å²) in [6.07, 6.45) is 2.78. The van der Waals surface area contributed by atoms with Crippen LogP contribution in [-0.2, 0) is 6.54 Å². The van der Waals surface area contributed by atoms with Crippen molar-refractivity contribution in [2.75, 3.05) is 36.0 Å². The molecule has 2 aliphatic heterocycles. The molecule has 1 aliphatic carbocycles. The second-order valence-electron chi connectivity index (χ2n) is 5.37. The van der Waals surface area contributed by atoms with E-state index in [4.69, 9.17) is 0 Å². The number of anilines is 2. The van der Waals surface area contributed by atoms with Gasteiger partial charge in [-0.05, 0) is 24.5 Å². The molecular weight excluding hydrogens is 210 g/mol. The molecule has 0 bridgehead atoms. The predicted molar refractivity (Wildman–Crippen MR) is 70.7 cm³/mol. The van der Waals surface area contributed by atoms with Crippen LogP contribution in [0.2, 0.25) is 0 Å². The van der Waals surface area contributed by atoms with Crippen LogP contribution in [0.3, 0.4) is 0 Å². The van der Waals surface area contributed by atoms with Crippen molar-refractivity contribution in [2.24, 2.45) is 0 Å². The third kappa shape index (κ3) is 1.53. The van der Waals surface area contributed by atoms with Gasteiger partial charge in [-0.2, -0.15) is 0 Å². The van der Waals surface area contributed by atoms with Gasteiger partial charge in [-0.25, -0.2) is 0 Å². The molecule has 4 rings (SSSR count). The minimum atomic E-state index is 0.833. The van der Waals surface area contributed by atoms with Crippen molar-refractivity contribution in [3.63, 3.8) is 0 Å². The van der Waals surface area contributed by atoms with E-state index in [9.17, 15) is 0 Å². The van der Waals surface area contributed by atoms with E-state index in [2.05, 4.69) is 33.3 Å². The van der Waals surface area contributed by atoms with Crippen molar-refractivity contribution >= 4 is 11.4 Å². The van der Waals surface area contributed by atoms with Gasteiger partial charge in [0.15, 0.2) is 0 Å². The van der Waals surface area contributed by atoms with Gasteiger partial charge in [0.1, 0.15) is 0 Å². The molecule has 0 saturated heterocycles. The fourth-order valence-electron chi connectivity index (χ4n) is 3.20. The Labute approximate surface area is 102 Å². The minimum absolute atomic E-state index is 0.833. The maximum absolute atomic E-state index is 3.52. The van der Waals surface area contributed by atoms with Crippen LogP contribution in [0.25, 0.3) is 0 Å². The van der Waals surface area contributed by atoms with Crippen LogP contribution >= 0.6 is 0 Å². The quantitative estimate of drug-likeness (QED) is 0.789. The molecule has 3 heteroatoms. The fourth-order valence-corrected chi connectivity index (χ4v) is 3.20. The summed E-state index contributed by atoms with van der Waals surface area (Å²) < 4.78 is 0. The number of rotatable bonds is 1. The zero-order valence-corrected chi connectivity index (χ0v) is 10.2. The van der Waals surface area contributed by atoms with Crippen molar-refractivity contribution in [3.05, 3.63) is 23.8 Å². The normalized spacial score (nSPS) is 23.3. The second kappa shape index (κ2) is 3.64. The van der Waals surface area contributed by atoms with Crippen LogP contribution in [0, 0.1) is 0 Å². The molecule has 2 heterocycles. The van der Waals surface area contributed by atoms with Crippen LogP contribution in [0.5, 0.6) is 0 Å². The summed E-state index contributed by atoms with van der Waals surface area (Å²) in [6.45, 7) is 5.70. The molecule has 0 aromatic heterocycles. The summed E-state index contributed by atoms with van der Waals surface area (Å²) in [5.74, 6) is 0. The SMILES string of the molecule is c1cc2c3c(c1)N(C1CC1)CCN3CCNC2. The zero-order chi connectivity index (χ0) is 11.2. The Morgan fingerprint density at radius 1 is 1.12 bits per heavy atom. The molecule has 1 saturated carbocycles.